The molecule has 7 N–H and O–H groups in total. The van der Waals surface area contributed by atoms with Crippen molar-refractivity contribution in [3.05, 3.63) is 95.1 Å². The van der Waals surface area contributed by atoms with Gasteiger partial charge >= 0.3 is 0 Å². The molecule has 54 heavy (non-hydrogen) atoms. The Hall–Kier alpha value is -7.79. The lowest BCUT2D eigenvalue weighted by Crippen LogP contribution is -2.20. The fraction of sp³-hybridized carbons (Fsp3) is 0.233. The molecule has 0 aliphatic carbocycles. The van der Waals surface area contributed by atoms with Crippen molar-refractivity contribution in [2.75, 3.05) is 6.54 Å². The Bertz CT molecular complexity index is 2410. The van der Waals surface area contributed by atoms with Crippen LogP contribution in [0.4, 0.5) is 0 Å². The summed E-state index contributed by atoms with van der Waals surface area (Å²) >= 11 is 0. The highest BCUT2D eigenvalue weighted by Gasteiger charge is 2.01. The topological polar surface area (TPSA) is 295 Å². The Morgan fingerprint density at radius 1 is 0.611 bits per heavy atom. The molecule has 0 bridgehead atoms. The average Bonchev–Trinajstić information content (AvgIpc) is 3.91. The molecule has 0 atom stereocenters. The summed E-state index contributed by atoms with van der Waals surface area (Å²) in [6.45, 7) is 12.2. The molecule has 1 aliphatic rings. The number of nitrogens with one attached hydrogen (secondary N) is 7. The monoisotopic (exact) mass is 732 g/mol. The zero-order chi connectivity index (χ0) is 37.6. The summed E-state index contributed by atoms with van der Waals surface area (Å²) in [4.78, 5) is 42.4. The second-order valence-electron chi connectivity index (χ2n) is 11.6. The molecule has 0 spiro atoms. The molecule has 0 amide bonds. The van der Waals surface area contributed by atoms with Crippen molar-refractivity contribution < 1.29 is 0 Å². The van der Waals surface area contributed by atoms with E-state index in [-0.39, 0.29) is 0 Å². The number of hydrogen-bond acceptors (Lipinski definition) is 13. The molecule has 24 heteroatoms. The molecule has 1 aliphatic heterocycles. The lowest BCUT2D eigenvalue weighted by atomic mass is 10.5. The van der Waals surface area contributed by atoms with Crippen LogP contribution in [0.15, 0.2) is 54.4 Å². The molecule has 0 radical (unpaired) electrons. The van der Waals surface area contributed by atoms with E-state index < -0.39 is 0 Å². The first kappa shape index (κ1) is 34.6. The van der Waals surface area contributed by atoms with Crippen LogP contribution in [-0.2, 0) is 0 Å². The highest BCUT2D eigenvalue weighted by atomic mass is 15.5. The minimum Gasteiger partial charge on any atom is -0.341 e. The predicted octanol–water partition coefficient (Wildman–Crippen LogP) is 0.585. The average molecular weight is 733 g/mol. The fourth-order valence-electron chi connectivity index (χ4n) is 5.01. The van der Waals surface area contributed by atoms with Gasteiger partial charge in [-0.2, -0.15) is 29.9 Å². The number of aryl methyl sites for hydroxylation is 6. The van der Waals surface area contributed by atoms with Crippen LogP contribution < -0.4 is 10.8 Å². The van der Waals surface area contributed by atoms with Crippen molar-refractivity contribution in [3.8, 4) is 0 Å². The third-order valence-corrected chi connectivity index (χ3v) is 7.19. The number of rotatable bonds is 0. The summed E-state index contributed by atoms with van der Waals surface area (Å²) < 4.78 is 6.81. The molecular weight excluding hydrogens is 696 g/mol. The van der Waals surface area contributed by atoms with E-state index >= 15 is 0 Å². The Labute approximate surface area is 302 Å². The van der Waals surface area contributed by atoms with E-state index in [2.05, 4.69) is 101 Å². The van der Waals surface area contributed by atoms with Crippen LogP contribution in [0.3, 0.4) is 0 Å². The summed E-state index contributed by atoms with van der Waals surface area (Å²) in [5.41, 5.74) is 5.21. The van der Waals surface area contributed by atoms with Crippen molar-refractivity contribution >= 4 is 40.2 Å². The molecule has 276 valence electrons. The SMILES string of the molecule is Cc1cc2nccn2[nH]1.Cc1nc2c([nH]1)=CCN=2.Cc1nc2ccnn2[nH]1.Cc1nc2n[nH]nc2[nH]1.Cc1nc2nccn2[nH]1.Cc1nc2ncnn2[nH]1. The number of aromatic nitrogens is 23. The molecule has 0 saturated heterocycles. The van der Waals surface area contributed by atoms with Crippen LogP contribution >= 0.6 is 0 Å². The summed E-state index contributed by atoms with van der Waals surface area (Å²) in [5, 5.41) is 30.7. The van der Waals surface area contributed by atoms with Crippen LogP contribution in [0.25, 0.3) is 40.2 Å². The molecule has 0 saturated carbocycles. The molecule has 0 aromatic carbocycles. The maximum Gasteiger partial charge on any atom is 0.269 e. The lowest BCUT2D eigenvalue weighted by molar-refractivity contribution is 0.806. The van der Waals surface area contributed by atoms with Gasteiger partial charge in [-0.3, -0.25) is 25.4 Å². The van der Waals surface area contributed by atoms with E-state index in [1.807, 2.05) is 76.7 Å². The van der Waals surface area contributed by atoms with Crippen LogP contribution in [0.1, 0.15) is 34.8 Å². The van der Waals surface area contributed by atoms with Gasteiger partial charge in [-0.15, -0.1) is 19.9 Å². The van der Waals surface area contributed by atoms with Gasteiger partial charge in [-0.05, 0) is 47.6 Å². The molecular formula is C30H36N24. The Balaban J connectivity index is 0.0000001000. The van der Waals surface area contributed by atoms with Crippen LogP contribution in [0.5, 0.6) is 0 Å². The van der Waals surface area contributed by atoms with Crippen molar-refractivity contribution in [1.29, 1.82) is 0 Å². The minimum absolute atomic E-state index is 0.618. The van der Waals surface area contributed by atoms with Gasteiger partial charge in [-0.1, -0.05) is 0 Å². The normalized spacial score (nSPS) is 11.4. The quantitative estimate of drug-likeness (QED) is 0.113. The van der Waals surface area contributed by atoms with Crippen molar-refractivity contribution in [1.82, 2.24) is 114 Å². The zero-order valence-electron chi connectivity index (χ0n) is 30.0. The Morgan fingerprint density at radius 2 is 1.37 bits per heavy atom. The van der Waals surface area contributed by atoms with E-state index in [0.717, 1.165) is 69.3 Å². The van der Waals surface area contributed by atoms with Gasteiger partial charge in [0.05, 0.1) is 18.1 Å². The minimum atomic E-state index is 0.618. The maximum atomic E-state index is 4.14. The fourth-order valence-corrected chi connectivity index (χ4v) is 5.01. The van der Waals surface area contributed by atoms with Gasteiger partial charge in [0.15, 0.2) is 22.4 Å². The number of H-pyrrole nitrogens is 7. The smallest absolute Gasteiger partial charge is 0.269 e. The van der Waals surface area contributed by atoms with Crippen molar-refractivity contribution in [3.63, 3.8) is 0 Å². The van der Waals surface area contributed by atoms with E-state index in [4.69, 9.17) is 0 Å². The van der Waals surface area contributed by atoms with Gasteiger partial charge in [0.1, 0.15) is 35.4 Å². The van der Waals surface area contributed by atoms with Crippen molar-refractivity contribution in [2.45, 2.75) is 41.5 Å². The van der Waals surface area contributed by atoms with Crippen LogP contribution in [0.2, 0.25) is 0 Å². The van der Waals surface area contributed by atoms with Gasteiger partial charge in [0.2, 0.25) is 5.65 Å². The largest absolute Gasteiger partial charge is 0.341 e. The molecule has 11 aromatic rings. The van der Waals surface area contributed by atoms with Crippen LogP contribution in [-0.4, -0.2) is 121 Å². The molecule has 0 fully saturated rings. The van der Waals surface area contributed by atoms with E-state index in [9.17, 15) is 0 Å². The first-order valence-corrected chi connectivity index (χ1v) is 16.4. The second kappa shape index (κ2) is 15.2. The molecule has 11 aromatic heterocycles. The predicted molar refractivity (Wildman–Crippen MR) is 193 cm³/mol. The van der Waals surface area contributed by atoms with E-state index in [1.165, 1.54) is 11.0 Å². The van der Waals surface area contributed by atoms with Gasteiger partial charge in [-0.25, -0.2) is 34.0 Å². The lowest BCUT2D eigenvalue weighted by Gasteiger charge is -1.78. The number of nitrogens with zero attached hydrogens (tertiary/aromatic N) is 17. The number of fused-ring (bicyclic) bond motifs is 6. The maximum absolute atomic E-state index is 4.14. The Morgan fingerprint density at radius 3 is 2.15 bits per heavy atom. The number of imidazole rings is 4. The van der Waals surface area contributed by atoms with Crippen molar-refractivity contribution in [2.24, 2.45) is 4.99 Å². The summed E-state index contributed by atoms with van der Waals surface area (Å²) in [6, 6.07) is 3.85. The molecule has 12 rings (SSSR count). The van der Waals surface area contributed by atoms with Gasteiger partial charge in [0.25, 0.3) is 11.6 Å². The third-order valence-electron chi connectivity index (χ3n) is 7.19. The molecule has 0 unspecified atom stereocenters. The Kier molecular flexibility index (Phi) is 9.76. The van der Waals surface area contributed by atoms with Gasteiger partial charge in [0, 0.05) is 42.6 Å². The highest BCUT2D eigenvalue weighted by Crippen LogP contribution is 2.02. The molecule has 24 nitrogen and oxygen atoms in total. The van der Waals surface area contributed by atoms with E-state index in [1.54, 1.807) is 27.7 Å². The van der Waals surface area contributed by atoms with Crippen LogP contribution in [0, 0.1) is 41.5 Å². The third kappa shape index (κ3) is 8.22. The van der Waals surface area contributed by atoms with E-state index in [0.29, 0.717) is 17.1 Å². The number of hydrogen-bond donors (Lipinski definition) is 7. The van der Waals surface area contributed by atoms with Gasteiger partial charge < -0.3 is 9.97 Å². The second-order valence-corrected chi connectivity index (χ2v) is 11.6. The highest BCUT2D eigenvalue weighted by molar-refractivity contribution is 5.63. The summed E-state index contributed by atoms with van der Waals surface area (Å²) in [6.07, 6.45) is 12.4. The first-order valence-electron chi connectivity index (χ1n) is 16.4. The number of aromatic amines is 7. The first-order chi connectivity index (χ1) is 26.2. The zero-order valence-corrected chi connectivity index (χ0v) is 30.0. The standard InChI is InChI=1S/2C6H7N3.2C5H6N4.2C4H5N5/c1-5-4-6-7-2-3-9(6)8-5;1-4-8-5-2-3-7-6(5)9-4;1-4-7-5-6-2-3-9(5)8-4;1-4-7-5-2-3-6-9(5)8-4;1-3-7-4-5-2-6-9(4)8-3;1-2-5-3-4(6-2)8-9-7-3/h2-4,8H,1H3;2H,3H2,1H3,(H,7,8,9);2-3H,1H3,(H,6,7,8);2-3H,1H3,(H,7,8);2H,1H3,(H,5,6,7,8);1H3,(H2,5,6,7,8,9). The summed E-state index contributed by atoms with van der Waals surface area (Å²) in [5.74, 6) is 5.73. The summed E-state index contributed by atoms with van der Waals surface area (Å²) in [7, 11) is 0. The molecule has 12 heterocycles.